The highest BCUT2D eigenvalue weighted by atomic mass is 32.2. The first kappa shape index (κ1) is 40.0. The molecule has 0 aliphatic carbocycles. The van der Waals surface area contributed by atoms with E-state index in [1.807, 2.05) is 61.3 Å². The molecule has 296 valence electrons. The van der Waals surface area contributed by atoms with Crippen molar-refractivity contribution in [3.05, 3.63) is 54.1 Å². The molecule has 3 N–H and O–H groups in total. The maximum atomic E-state index is 13.0. The standard InChI is InChI=1S/C37H51N11O6S/c1-26-41-43-33-14-13-30(44-48(26)33)27-7-5-9-29(23-27)46(2)35(50)12-6-8-28-24-47(45-42-28)16-18-53-20-22-54-21-19-52-17-15-38-34(49)11-4-3-10-32-36-31(25-55-32)39-37(51)40-36/h5,7,9,13-14,23-24,31-32,36H,3-4,6,8,10-12,15-22,25H2,1-2H3,(H,38,49)(H2,39,40,51)/t31-,32-,36-/m0/s1. The third-order valence-corrected chi connectivity index (χ3v) is 11.1. The molecule has 3 atom stereocenters. The predicted octanol–water partition coefficient (Wildman–Crippen LogP) is 2.57. The fourth-order valence-electron chi connectivity index (χ4n) is 6.54. The Morgan fingerprint density at radius 3 is 2.64 bits per heavy atom. The monoisotopic (exact) mass is 777 g/mol. The van der Waals surface area contributed by atoms with Crippen LogP contribution >= 0.6 is 11.8 Å². The number of aryl methyl sites for hydroxylation is 2. The van der Waals surface area contributed by atoms with Crippen LogP contribution in [-0.2, 0) is 36.8 Å². The molecule has 55 heavy (non-hydrogen) atoms. The molecule has 2 fully saturated rings. The molecular formula is C37H51N11O6S. The van der Waals surface area contributed by atoms with E-state index in [1.165, 1.54) is 0 Å². The average molecular weight is 778 g/mol. The Balaban J connectivity index is 0.740. The van der Waals surface area contributed by atoms with Gasteiger partial charge >= 0.3 is 6.03 Å². The Morgan fingerprint density at radius 1 is 0.964 bits per heavy atom. The van der Waals surface area contributed by atoms with Crippen molar-refractivity contribution >= 4 is 40.9 Å². The van der Waals surface area contributed by atoms with E-state index in [-0.39, 0.29) is 29.9 Å². The Morgan fingerprint density at radius 2 is 1.78 bits per heavy atom. The van der Waals surface area contributed by atoms with Crippen molar-refractivity contribution in [2.75, 3.05) is 63.9 Å². The molecule has 4 aromatic rings. The molecule has 5 heterocycles. The molecule has 6 rings (SSSR count). The number of urea groups is 1. The van der Waals surface area contributed by atoms with Gasteiger partial charge in [-0.05, 0) is 56.9 Å². The summed E-state index contributed by atoms with van der Waals surface area (Å²) in [6, 6.07) is 11.9. The molecule has 0 unspecified atom stereocenters. The van der Waals surface area contributed by atoms with E-state index >= 15 is 0 Å². The molecule has 1 aromatic carbocycles. The zero-order valence-electron chi connectivity index (χ0n) is 31.5. The Hall–Kier alpha value is -4.65. The van der Waals surface area contributed by atoms with Gasteiger partial charge in [0.2, 0.25) is 11.8 Å². The Bertz CT molecular complexity index is 1870. The number of unbranched alkanes of at least 4 members (excludes halogenated alkanes) is 1. The molecule has 2 aliphatic rings. The van der Waals surface area contributed by atoms with E-state index in [0.717, 1.165) is 47.7 Å². The minimum Gasteiger partial charge on any atom is -0.377 e. The van der Waals surface area contributed by atoms with Crippen molar-refractivity contribution in [1.29, 1.82) is 0 Å². The molecule has 4 amide bonds. The lowest BCUT2D eigenvalue weighted by atomic mass is 10.0. The van der Waals surface area contributed by atoms with Crippen LogP contribution < -0.4 is 20.9 Å². The van der Waals surface area contributed by atoms with Gasteiger partial charge in [-0.3, -0.25) is 9.59 Å². The smallest absolute Gasteiger partial charge is 0.315 e. The largest absolute Gasteiger partial charge is 0.377 e. The van der Waals surface area contributed by atoms with Crippen molar-refractivity contribution in [2.24, 2.45) is 0 Å². The number of anilines is 1. The molecule has 0 bridgehead atoms. The van der Waals surface area contributed by atoms with E-state index in [0.29, 0.717) is 95.1 Å². The summed E-state index contributed by atoms with van der Waals surface area (Å²) in [4.78, 5) is 38.3. The number of ether oxygens (including phenoxy) is 3. The topological polar surface area (TPSA) is 192 Å². The van der Waals surface area contributed by atoms with Crippen LogP contribution in [0.4, 0.5) is 10.5 Å². The zero-order chi connectivity index (χ0) is 38.4. The van der Waals surface area contributed by atoms with Gasteiger partial charge in [0.1, 0.15) is 0 Å². The summed E-state index contributed by atoms with van der Waals surface area (Å²) >= 11 is 1.90. The first-order valence-electron chi connectivity index (χ1n) is 19.0. The number of carbonyl (C=O) groups excluding carboxylic acids is 3. The normalized spacial score (nSPS) is 17.6. The van der Waals surface area contributed by atoms with Gasteiger partial charge in [-0.2, -0.15) is 21.4 Å². The maximum Gasteiger partial charge on any atom is 0.315 e. The number of nitrogens with zero attached hydrogens (tertiary/aromatic N) is 8. The summed E-state index contributed by atoms with van der Waals surface area (Å²) in [5.74, 6) is 1.72. The van der Waals surface area contributed by atoms with Crippen molar-refractivity contribution in [2.45, 2.75) is 75.7 Å². The number of nitrogens with one attached hydrogen (secondary N) is 3. The van der Waals surface area contributed by atoms with Crippen LogP contribution in [0, 0.1) is 6.92 Å². The fraction of sp³-hybridized carbons (Fsp3) is 0.568. The molecule has 18 heteroatoms. The third kappa shape index (κ3) is 11.7. The molecule has 17 nitrogen and oxygen atoms in total. The molecule has 3 aromatic heterocycles. The minimum atomic E-state index is -0.0641. The first-order valence-corrected chi connectivity index (χ1v) is 20.0. The second kappa shape index (κ2) is 20.3. The zero-order valence-corrected chi connectivity index (χ0v) is 32.3. The molecular weight excluding hydrogens is 727 g/mol. The highest BCUT2D eigenvalue weighted by molar-refractivity contribution is 8.00. The molecule has 0 radical (unpaired) electrons. The number of hydrogen-bond donors (Lipinski definition) is 3. The van der Waals surface area contributed by atoms with Gasteiger partial charge in [0.05, 0.1) is 69.7 Å². The van der Waals surface area contributed by atoms with Crippen LogP contribution in [0.25, 0.3) is 16.9 Å². The van der Waals surface area contributed by atoms with Crippen molar-refractivity contribution < 1.29 is 28.6 Å². The maximum absolute atomic E-state index is 13.0. The molecule has 2 saturated heterocycles. The van der Waals surface area contributed by atoms with Gasteiger partial charge in [0.25, 0.3) is 0 Å². The Kier molecular flexibility index (Phi) is 14.8. The van der Waals surface area contributed by atoms with Crippen LogP contribution in [-0.4, -0.2) is 129 Å². The van der Waals surface area contributed by atoms with Crippen molar-refractivity contribution in [1.82, 2.24) is 50.8 Å². The van der Waals surface area contributed by atoms with Crippen LogP contribution in [0.5, 0.6) is 0 Å². The lowest BCUT2D eigenvalue weighted by Crippen LogP contribution is -2.36. The van der Waals surface area contributed by atoms with E-state index in [1.54, 1.807) is 21.1 Å². The van der Waals surface area contributed by atoms with Gasteiger partial charge in [-0.1, -0.05) is 23.8 Å². The van der Waals surface area contributed by atoms with Crippen LogP contribution in [0.3, 0.4) is 0 Å². The lowest BCUT2D eigenvalue weighted by Gasteiger charge is -2.18. The van der Waals surface area contributed by atoms with E-state index in [4.69, 9.17) is 14.2 Å². The average Bonchev–Trinajstić information content (AvgIpc) is 3.98. The van der Waals surface area contributed by atoms with Crippen molar-refractivity contribution in [3.63, 3.8) is 0 Å². The highest BCUT2D eigenvalue weighted by Crippen LogP contribution is 2.33. The highest BCUT2D eigenvalue weighted by Gasteiger charge is 2.42. The summed E-state index contributed by atoms with van der Waals surface area (Å²) in [5, 5.41) is 30.5. The van der Waals surface area contributed by atoms with E-state index in [9.17, 15) is 14.4 Å². The number of hydrogen-bond acceptors (Lipinski definition) is 12. The second-order valence-electron chi connectivity index (χ2n) is 13.6. The number of amides is 4. The van der Waals surface area contributed by atoms with Gasteiger partial charge < -0.3 is 35.1 Å². The fourth-order valence-corrected chi connectivity index (χ4v) is 8.09. The summed E-state index contributed by atoms with van der Waals surface area (Å²) < 4.78 is 20.2. The SMILES string of the molecule is Cc1nnc2ccc(-c3cccc(N(C)C(=O)CCCc4cn(CCOCCOCCOCCNC(=O)CCCC[C@@H]5SC[C@@H]6NC(=O)N[C@@H]65)nn4)c3)nn12. The van der Waals surface area contributed by atoms with Crippen LogP contribution in [0.1, 0.15) is 50.0 Å². The lowest BCUT2D eigenvalue weighted by molar-refractivity contribution is -0.121. The number of aromatic nitrogens is 7. The van der Waals surface area contributed by atoms with Gasteiger partial charge in [-0.25, -0.2) is 9.48 Å². The summed E-state index contributed by atoms with van der Waals surface area (Å²) in [5.41, 5.74) is 3.99. The molecule has 2 aliphatic heterocycles. The van der Waals surface area contributed by atoms with Gasteiger partial charge in [-0.15, -0.1) is 15.3 Å². The van der Waals surface area contributed by atoms with Crippen molar-refractivity contribution in [3.8, 4) is 11.3 Å². The number of benzene rings is 1. The summed E-state index contributed by atoms with van der Waals surface area (Å²) in [6.07, 6.45) is 6.88. The number of rotatable bonds is 23. The number of carbonyl (C=O) groups is 3. The van der Waals surface area contributed by atoms with E-state index in [2.05, 4.69) is 41.6 Å². The van der Waals surface area contributed by atoms with Gasteiger partial charge in [0.15, 0.2) is 11.5 Å². The van der Waals surface area contributed by atoms with Gasteiger partial charge in [0, 0.05) is 54.9 Å². The van der Waals surface area contributed by atoms with Crippen LogP contribution in [0.2, 0.25) is 0 Å². The predicted molar refractivity (Wildman–Crippen MR) is 207 cm³/mol. The number of thioether (sulfide) groups is 1. The third-order valence-electron chi connectivity index (χ3n) is 9.59. The quantitative estimate of drug-likeness (QED) is 0.0738. The Labute approximate surface area is 324 Å². The first-order chi connectivity index (χ1) is 26.8. The molecule has 0 saturated carbocycles. The number of fused-ring (bicyclic) bond motifs is 2. The molecule has 0 spiro atoms. The summed E-state index contributed by atoms with van der Waals surface area (Å²) in [6.45, 7) is 5.60. The van der Waals surface area contributed by atoms with E-state index < -0.39 is 0 Å². The van der Waals surface area contributed by atoms with Crippen LogP contribution in [0.15, 0.2) is 42.6 Å². The second-order valence-corrected chi connectivity index (χ2v) is 14.9. The minimum absolute atomic E-state index is 0.0179. The summed E-state index contributed by atoms with van der Waals surface area (Å²) in [7, 11) is 1.79.